The molecule has 0 spiro atoms. The lowest BCUT2D eigenvalue weighted by atomic mass is 9.97. The maximum atomic E-state index is 13.1. The summed E-state index contributed by atoms with van der Waals surface area (Å²) in [6, 6.07) is 8.06. The molecule has 4 heterocycles. The van der Waals surface area contributed by atoms with E-state index in [4.69, 9.17) is 35.4 Å². The zero-order valence-electron chi connectivity index (χ0n) is 28.6. The lowest BCUT2D eigenvalue weighted by Gasteiger charge is -2.32. The highest BCUT2D eigenvalue weighted by Crippen LogP contribution is 2.34. The summed E-state index contributed by atoms with van der Waals surface area (Å²) in [5.74, 6) is 0.0716. The summed E-state index contributed by atoms with van der Waals surface area (Å²) in [4.78, 5) is 40.9. The number of pyridine rings is 1. The second kappa shape index (κ2) is 18.7. The van der Waals surface area contributed by atoms with Gasteiger partial charge in [0, 0.05) is 55.3 Å². The molecule has 0 aliphatic carbocycles. The number of amides is 2. The zero-order valence-corrected chi connectivity index (χ0v) is 28.6. The third kappa shape index (κ3) is 10.4. The molecule has 17 heteroatoms. The van der Waals surface area contributed by atoms with Crippen molar-refractivity contribution in [3.63, 3.8) is 0 Å². The molecule has 1 aliphatic heterocycles. The molecule has 5 rings (SSSR count). The van der Waals surface area contributed by atoms with Crippen molar-refractivity contribution in [2.24, 2.45) is 5.73 Å². The minimum atomic E-state index is -4.57. The third-order valence-electron chi connectivity index (χ3n) is 8.34. The molecular formula is C35H43F3N8O6. The van der Waals surface area contributed by atoms with Gasteiger partial charge in [-0.15, -0.1) is 0 Å². The molecule has 4 aromatic rings. The number of carbonyl (C=O) groups excluding carboxylic acids is 2. The van der Waals surface area contributed by atoms with Crippen LogP contribution in [0.3, 0.4) is 0 Å². The van der Waals surface area contributed by atoms with Crippen LogP contribution in [0.25, 0.3) is 16.8 Å². The monoisotopic (exact) mass is 728 g/mol. The van der Waals surface area contributed by atoms with Crippen LogP contribution in [0.4, 0.5) is 24.8 Å². The van der Waals surface area contributed by atoms with Gasteiger partial charge >= 0.3 is 6.18 Å². The smallest absolute Gasteiger partial charge is 0.382 e. The fraction of sp³-hybridized carbons (Fsp3) is 0.457. The molecule has 0 saturated carbocycles. The van der Waals surface area contributed by atoms with Crippen LogP contribution < -0.4 is 16.8 Å². The number of fused-ring (bicyclic) bond motifs is 1. The SMILES string of the molecule is NCCOCCOCCOCCOCCC(=O)N1CCCC(c2nc(-c3ccc(C(=O)Nc4cc(C(F)(F)F)ccn4)cc3)c3c(N)nccn23)C1. The van der Waals surface area contributed by atoms with E-state index < -0.39 is 17.6 Å². The van der Waals surface area contributed by atoms with Crippen LogP contribution in [0.2, 0.25) is 0 Å². The minimum Gasteiger partial charge on any atom is -0.382 e. The number of nitrogens with two attached hydrogens (primary N) is 2. The first kappa shape index (κ1) is 38.5. The number of hydrogen-bond acceptors (Lipinski definition) is 11. The van der Waals surface area contributed by atoms with Crippen molar-refractivity contribution in [1.82, 2.24) is 24.3 Å². The number of nitrogens with one attached hydrogen (secondary N) is 1. The Morgan fingerprint density at radius 3 is 2.25 bits per heavy atom. The molecule has 1 aliphatic rings. The lowest BCUT2D eigenvalue weighted by Crippen LogP contribution is -2.40. The van der Waals surface area contributed by atoms with Crippen molar-refractivity contribution >= 4 is 29.0 Å². The Hall–Kier alpha value is -4.68. The first-order valence-corrected chi connectivity index (χ1v) is 17.0. The standard InChI is InChI=1S/C35H43F3N8O6/c36-35(37,38)27-7-10-41-28(22-27)43-34(48)25-5-3-24(4-6-25)30-31-32(40)42-11-13-46(31)33(44-30)26-2-1-12-45(23-26)29(47)8-14-49-16-18-51-20-21-52-19-17-50-15-9-39/h3-7,10-11,13,22,26H,1-2,8-9,12,14-21,23,39H2,(H2,40,42)(H,41,43,48). The topological polar surface area (TPSA) is 181 Å². The van der Waals surface area contributed by atoms with Crippen LogP contribution in [-0.2, 0) is 29.9 Å². The fourth-order valence-corrected chi connectivity index (χ4v) is 5.80. The molecule has 280 valence electrons. The summed E-state index contributed by atoms with van der Waals surface area (Å²) >= 11 is 0. The number of nitrogens with zero attached hydrogens (tertiary/aromatic N) is 5. The summed E-state index contributed by atoms with van der Waals surface area (Å²) in [5, 5.41) is 2.41. The summed E-state index contributed by atoms with van der Waals surface area (Å²) in [5.41, 5.74) is 12.8. The van der Waals surface area contributed by atoms with Gasteiger partial charge in [-0.3, -0.25) is 14.0 Å². The second-order valence-electron chi connectivity index (χ2n) is 12.0. The fourth-order valence-electron chi connectivity index (χ4n) is 5.80. The summed E-state index contributed by atoms with van der Waals surface area (Å²) < 4.78 is 62.9. The molecule has 52 heavy (non-hydrogen) atoms. The van der Waals surface area contributed by atoms with E-state index >= 15 is 0 Å². The highest BCUT2D eigenvalue weighted by molar-refractivity contribution is 6.04. The number of ether oxygens (including phenoxy) is 4. The highest BCUT2D eigenvalue weighted by Gasteiger charge is 2.31. The van der Waals surface area contributed by atoms with Crippen LogP contribution >= 0.6 is 0 Å². The van der Waals surface area contributed by atoms with Gasteiger partial charge in [0.05, 0.1) is 64.8 Å². The third-order valence-corrected chi connectivity index (χ3v) is 8.34. The minimum absolute atomic E-state index is 0.00710. The number of aromatic nitrogens is 4. The molecule has 0 radical (unpaired) electrons. The van der Waals surface area contributed by atoms with Crippen molar-refractivity contribution in [3.05, 3.63) is 71.9 Å². The molecular weight excluding hydrogens is 685 g/mol. The number of nitrogen functional groups attached to an aromatic ring is 1. The number of carbonyl (C=O) groups is 2. The van der Waals surface area contributed by atoms with Gasteiger partial charge in [0.25, 0.3) is 5.91 Å². The molecule has 14 nitrogen and oxygen atoms in total. The van der Waals surface area contributed by atoms with Gasteiger partial charge in [0.15, 0.2) is 0 Å². The highest BCUT2D eigenvalue weighted by atomic mass is 19.4. The maximum Gasteiger partial charge on any atom is 0.416 e. The van der Waals surface area contributed by atoms with Gasteiger partial charge in [0.1, 0.15) is 28.7 Å². The van der Waals surface area contributed by atoms with Crippen molar-refractivity contribution < 1.29 is 41.7 Å². The van der Waals surface area contributed by atoms with E-state index in [-0.39, 0.29) is 42.1 Å². The van der Waals surface area contributed by atoms with Crippen LogP contribution in [0.5, 0.6) is 0 Å². The summed E-state index contributed by atoms with van der Waals surface area (Å²) in [7, 11) is 0. The average Bonchev–Trinajstić information content (AvgIpc) is 3.54. The van der Waals surface area contributed by atoms with Crippen molar-refractivity contribution in [2.45, 2.75) is 31.4 Å². The summed E-state index contributed by atoms with van der Waals surface area (Å²) in [6.45, 7) is 5.01. The van der Waals surface area contributed by atoms with Gasteiger partial charge in [-0.1, -0.05) is 12.1 Å². The Morgan fingerprint density at radius 1 is 0.904 bits per heavy atom. The summed E-state index contributed by atoms with van der Waals surface area (Å²) in [6.07, 6.45) is 1.63. The van der Waals surface area contributed by atoms with E-state index in [0.29, 0.717) is 82.7 Å². The van der Waals surface area contributed by atoms with Crippen LogP contribution in [-0.4, -0.2) is 109 Å². The van der Waals surface area contributed by atoms with Gasteiger partial charge in [0.2, 0.25) is 5.91 Å². The van der Waals surface area contributed by atoms with E-state index in [1.165, 1.54) is 0 Å². The Kier molecular flexibility index (Phi) is 13.9. The lowest BCUT2D eigenvalue weighted by molar-refractivity contribution is -0.137. The van der Waals surface area contributed by atoms with E-state index in [0.717, 1.165) is 37.0 Å². The van der Waals surface area contributed by atoms with Crippen LogP contribution in [0.15, 0.2) is 55.0 Å². The van der Waals surface area contributed by atoms with Gasteiger partial charge in [-0.25, -0.2) is 15.0 Å². The molecule has 1 unspecified atom stereocenters. The number of rotatable bonds is 18. The number of imidazole rings is 1. The molecule has 3 aromatic heterocycles. The number of likely N-dealkylation sites (tertiary alicyclic amines) is 1. The predicted octanol–water partition coefficient (Wildman–Crippen LogP) is 3.77. The Labute approximate surface area is 298 Å². The largest absolute Gasteiger partial charge is 0.416 e. The van der Waals surface area contributed by atoms with Crippen molar-refractivity contribution in [3.8, 4) is 11.3 Å². The number of alkyl halides is 3. The number of hydrogen-bond donors (Lipinski definition) is 3. The van der Waals surface area contributed by atoms with Gasteiger partial charge in [-0.2, -0.15) is 13.2 Å². The van der Waals surface area contributed by atoms with Crippen molar-refractivity contribution in [2.75, 3.05) is 83.5 Å². The molecule has 1 aromatic carbocycles. The van der Waals surface area contributed by atoms with Crippen LogP contribution in [0.1, 0.15) is 46.9 Å². The molecule has 1 fully saturated rings. The van der Waals surface area contributed by atoms with E-state index in [1.807, 2.05) is 9.30 Å². The predicted molar refractivity (Wildman–Crippen MR) is 186 cm³/mol. The van der Waals surface area contributed by atoms with Gasteiger partial charge in [-0.05, 0) is 37.1 Å². The quantitative estimate of drug-likeness (QED) is 0.127. The number of anilines is 2. The van der Waals surface area contributed by atoms with Crippen molar-refractivity contribution in [1.29, 1.82) is 0 Å². The Morgan fingerprint density at radius 2 is 1.58 bits per heavy atom. The first-order valence-electron chi connectivity index (χ1n) is 17.0. The second-order valence-corrected chi connectivity index (χ2v) is 12.0. The first-order chi connectivity index (χ1) is 25.2. The molecule has 0 bridgehead atoms. The number of piperidine rings is 1. The van der Waals surface area contributed by atoms with E-state index in [1.54, 1.807) is 36.7 Å². The zero-order chi connectivity index (χ0) is 36.9. The Balaban J connectivity index is 1.15. The average molecular weight is 729 g/mol. The normalized spacial score (nSPS) is 14.9. The number of benzene rings is 1. The molecule has 5 N–H and O–H groups in total. The molecule has 1 atom stereocenters. The number of halogens is 3. The maximum absolute atomic E-state index is 13.1. The molecule has 1 saturated heterocycles. The van der Waals surface area contributed by atoms with Crippen LogP contribution in [0, 0.1) is 0 Å². The molecule has 2 amide bonds. The van der Waals surface area contributed by atoms with Gasteiger partial charge < -0.3 is 40.6 Å². The van der Waals surface area contributed by atoms with E-state index in [9.17, 15) is 22.8 Å². The van der Waals surface area contributed by atoms with E-state index in [2.05, 4.69) is 15.3 Å². The Bertz CT molecular complexity index is 1770.